The summed E-state index contributed by atoms with van der Waals surface area (Å²) in [6.45, 7) is 6.67. The Morgan fingerprint density at radius 1 is 0.852 bits per heavy atom. The summed E-state index contributed by atoms with van der Waals surface area (Å²) in [6, 6.07) is 20.6. The van der Waals surface area contributed by atoms with E-state index in [1.807, 2.05) is 36.4 Å². The second-order valence-corrected chi connectivity index (χ2v) is 14.1. The minimum absolute atomic E-state index is 0.165. The quantitative estimate of drug-likeness (QED) is 0.535. The molecule has 4 rings (SSSR count). The molecule has 3 nitrogen and oxygen atoms in total. The van der Waals surface area contributed by atoms with Crippen LogP contribution in [0.2, 0.25) is 19.6 Å². The lowest BCUT2D eigenvalue weighted by Gasteiger charge is -2.43. The molecule has 0 aromatic heterocycles. The van der Waals surface area contributed by atoms with Crippen LogP contribution in [-0.4, -0.2) is 25.1 Å². The summed E-state index contributed by atoms with van der Waals surface area (Å²) < 4.78 is 12.9. The van der Waals surface area contributed by atoms with Gasteiger partial charge in [-0.3, -0.25) is 0 Å². The van der Waals surface area contributed by atoms with Crippen LogP contribution in [0.25, 0.3) is 0 Å². The highest BCUT2D eigenvalue weighted by molar-refractivity contribution is 6.82. The van der Waals surface area contributed by atoms with Crippen LogP contribution in [-0.2, 0) is 14.3 Å². The fraction of sp³-hybridized carbons (Fsp3) is 0.435. The van der Waals surface area contributed by atoms with Gasteiger partial charge in [0, 0.05) is 18.8 Å². The van der Waals surface area contributed by atoms with Crippen LogP contribution in [0.15, 0.2) is 60.7 Å². The molecule has 0 radical (unpaired) electrons. The van der Waals surface area contributed by atoms with Crippen molar-refractivity contribution in [2.45, 2.75) is 62.3 Å². The van der Waals surface area contributed by atoms with Gasteiger partial charge in [-0.2, -0.15) is 0 Å². The number of carbonyl (C=O) groups is 1. The molecular weight excluding hydrogens is 352 g/mol. The lowest BCUT2D eigenvalue weighted by Crippen LogP contribution is -2.61. The molecular formula is C23H28O3Si. The zero-order valence-electron chi connectivity index (χ0n) is 16.4. The molecule has 4 heteroatoms. The first kappa shape index (κ1) is 18.5. The Bertz CT molecular complexity index is 767. The van der Waals surface area contributed by atoms with Crippen LogP contribution >= 0.6 is 0 Å². The second kappa shape index (κ2) is 6.61. The molecule has 0 amide bonds. The molecule has 1 atom stereocenters. The van der Waals surface area contributed by atoms with Gasteiger partial charge in [0.25, 0.3) is 0 Å². The average Bonchev–Trinajstić information content (AvgIpc) is 3.21. The summed E-state index contributed by atoms with van der Waals surface area (Å²) in [7, 11) is -2.16. The van der Waals surface area contributed by atoms with Crippen LogP contribution in [0, 0.1) is 0 Å². The maximum Gasteiger partial charge on any atom is 0.338 e. The summed E-state index contributed by atoms with van der Waals surface area (Å²) >= 11 is 0. The Labute approximate surface area is 162 Å². The zero-order chi connectivity index (χ0) is 19.1. The third-order valence-corrected chi connectivity index (χ3v) is 8.90. The van der Waals surface area contributed by atoms with Gasteiger partial charge in [-0.05, 0) is 24.0 Å². The van der Waals surface area contributed by atoms with Gasteiger partial charge in [-0.25, -0.2) is 4.79 Å². The predicted molar refractivity (Wildman–Crippen MR) is 109 cm³/mol. The highest BCUT2D eigenvalue weighted by atomic mass is 28.3. The van der Waals surface area contributed by atoms with E-state index < -0.39 is 19.1 Å². The van der Waals surface area contributed by atoms with Crippen molar-refractivity contribution in [2.75, 3.05) is 0 Å². The minimum Gasteiger partial charge on any atom is -0.431 e. The Morgan fingerprint density at radius 2 is 1.33 bits per heavy atom. The molecule has 1 aliphatic heterocycles. The molecule has 1 aliphatic carbocycles. The number of hydrogen-bond donors (Lipinski definition) is 0. The van der Waals surface area contributed by atoms with E-state index in [1.165, 1.54) is 0 Å². The van der Waals surface area contributed by atoms with E-state index in [-0.39, 0.29) is 11.9 Å². The lowest BCUT2D eigenvalue weighted by molar-refractivity contribution is -0.177. The van der Waals surface area contributed by atoms with E-state index in [4.69, 9.17) is 9.47 Å². The number of esters is 1. The van der Waals surface area contributed by atoms with Gasteiger partial charge in [0.15, 0.2) is 5.22 Å². The summed E-state index contributed by atoms with van der Waals surface area (Å²) in [6.07, 6.45) is 3.72. The van der Waals surface area contributed by atoms with Gasteiger partial charge in [0.05, 0.1) is 8.07 Å². The normalized spacial score (nSPS) is 24.5. The topological polar surface area (TPSA) is 35.5 Å². The van der Waals surface area contributed by atoms with Gasteiger partial charge >= 0.3 is 5.97 Å². The molecule has 1 heterocycles. The first-order chi connectivity index (χ1) is 12.9. The molecule has 2 aromatic rings. The summed E-state index contributed by atoms with van der Waals surface area (Å²) in [4.78, 5) is 13.6. The van der Waals surface area contributed by atoms with Gasteiger partial charge in [0.1, 0.15) is 0 Å². The van der Waals surface area contributed by atoms with Crippen molar-refractivity contribution in [3.63, 3.8) is 0 Å². The van der Waals surface area contributed by atoms with E-state index in [1.54, 1.807) is 0 Å². The maximum absolute atomic E-state index is 13.6. The van der Waals surface area contributed by atoms with Crippen molar-refractivity contribution in [1.82, 2.24) is 0 Å². The first-order valence-corrected chi connectivity index (χ1v) is 13.4. The summed E-state index contributed by atoms with van der Waals surface area (Å²) in [5.41, 5.74) is 2.22. The van der Waals surface area contributed by atoms with Gasteiger partial charge in [0.2, 0.25) is 5.79 Å². The Morgan fingerprint density at radius 3 is 1.78 bits per heavy atom. The Balaban J connectivity index is 1.93. The van der Waals surface area contributed by atoms with E-state index in [0.717, 1.165) is 36.8 Å². The fourth-order valence-corrected chi connectivity index (χ4v) is 7.10. The SMILES string of the molecule is C[Si](C)(C)C1(C(c2ccccc2)c2ccccc2)OC2(CCCC2)OC1=O. The number of rotatable bonds is 4. The molecule has 0 bridgehead atoms. The van der Waals surface area contributed by atoms with E-state index in [2.05, 4.69) is 43.9 Å². The molecule has 27 heavy (non-hydrogen) atoms. The predicted octanol–water partition coefficient (Wildman–Crippen LogP) is 5.28. The molecule has 0 N–H and O–H groups in total. The summed E-state index contributed by atoms with van der Waals surface area (Å²) in [5.74, 6) is -1.06. The molecule has 2 aliphatic rings. The number of carbonyl (C=O) groups excluding carboxylic acids is 1. The van der Waals surface area contributed by atoms with Crippen molar-refractivity contribution in [3.05, 3.63) is 71.8 Å². The number of ether oxygens (including phenoxy) is 2. The molecule has 2 aromatic carbocycles. The molecule has 1 spiro atoms. The smallest absolute Gasteiger partial charge is 0.338 e. The third-order valence-electron chi connectivity index (χ3n) is 6.08. The van der Waals surface area contributed by atoms with E-state index in [0.29, 0.717) is 0 Å². The fourth-order valence-electron chi connectivity index (χ4n) is 4.74. The summed E-state index contributed by atoms with van der Waals surface area (Å²) in [5, 5.41) is -0.931. The average molecular weight is 381 g/mol. The molecule has 142 valence electrons. The van der Waals surface area contributed by atoms with Crippen molar-refractivity contribution in [2.24, 2.45) is 0 Å². The van der Waals surface area contributed by atoms with Crippen LogP contribution in [0.4, 0.5) is 0 Å². The number of benzene rings is 2. The lowest BCUT2D eigenvalue weighted by atomic mass is 9.86. The van der Waals surface area contributed by atoms with Crippen LogP contribution < -0.4 is 0 Å². The third kappa shape index (κ3) is 2.95. The van der Waals surface area contributed by atoms with Gasteiger partial charge < -0.3 is 9.47 Å². The second-order valence-electron chi connectivity index (χ2n) is 8.85. The monoisotopic (exact) mass is 380 g/mol. The Kier molecular flexibility index (Phi) is 4.51. The van der Waals surface area contributed by atoms with E-state index >= 15 is 0 Å². The molecule has 1 saturated heterocycles. The van der Waals surface area contributed by atoms with E-state index in [9.17, 15) is 4.79 Å². The van der Waals surface area contributed by atoms with Crippen LogP contribution in [0.5, 0.6) is 0 Å². The molecule has 1 unspecified atom stereocenters. The van der Waals surface area contributed by atoms with Crippen molar-refractivity contribution < 1.29 is 14.3 Å². The van der Waals surface area contributed by atoms with Crippen molar-refractivity contribution >= 4 is 14.0 Å². The largest absolute Gasteiger partial charge is 0.431 e. The van der Waals surface area contributed by atoms with Crippen molar-refractivity contribution in [3.8, 4) is 0 Å². The Hall–Kier alpha value is -1.91. The minimum atomic E-state index is -2.16. The van der Waals surface area contributed by atoms with Crippen molar-refractivity contribution in [1.29, 1.82) is 0 Å². The first-order valence-electron chi connectivity index (χ1n) is 9.92. The van der Waals surface area contributed by atoms with Gasteiger partial charge in [-0.15, -0.1) is 0 Å². The van der Waals surface area contributed by atoms with Crippen LogP contribution in [0.3, 0.4) is 0 Å². The highest BCUT2D eigenvalue weighted by Crippen LogP contribution is 2.54. The molecule has 2 fully saturated rings. The van der Waals surface area contributed by atoms with Crippen LogP contribution in [0.1, 0.15) is 42.7 Å². The standard InChI is InChI=1S/C23H28O3Si/c1-27(2,3)23(21(24)25-22(26-23)16-10-11-17-22)20(18-12-6-4-7-13-18)19-14-8-5-9-15-19/h4-9,12-15,20H,10-11,16-17H2,1-3H3. The highest BCUT2D eigenvalue weighted by Gasteiger charge is 2.67. The van der Waals surface area contributed by atoms with Gasteiger partial charge in [-0.1, -0.05) is 80.3 Å². The zero-order valence-corrected chi connectivity index (χ0v) is 17.4. The number of hydrogen-bond acceptors (Lipinski definition) is 3. The maximum atomic E-state index is 13.6. The molecule has 1 saturated carbocycles.